The number of hydrogen-bond donors (Lipinski definition) is 2. The molecule has 2 aromatic carbocycles. The minimum atomic E-state index is -1.03. The van der Waals surface area contributed by atoms with E-state index in [9.17, 15) is 9.59 Å². The van der Waals surface area contributed by atoms with Gasteiger partial charge in [-0.05, 0) is 36.8 Å². The van der Waals surface area contributed by atoms with Gasteiger partial charge in [0, 0.05) is 17.3 Å². The highest BCUT2D eigenvalue weighted by Gasteiger charge is 2.11. The summed E-state index contributed by atoms with van der Waals surface area (Å²) in [5, 5.41) is 9.01. The quantitative estimate of drug-likeness (QED) is 0.672. The van der Waals surface area contributed by atoms with E-state index in [1.165, 1.54) is 4.68 Å². The van der Waals surface area contributed by atoms with Crippen molar-refractivity contribution in [2.75, 3.05) is 5.43 Å². The number of nitrogens with one attached hydrogen (secondary N) is 1. The fourth-order valence-electron chi connectivity index (χ4n) is 2.69. The first-order chi connectivity index (χ1) is 13.0. The Hall–Kier alpha value is -3.54. The molecule has 0 aliphatic rings. The van der Waals surface area contributed by atoms with E-state index < -0.39 is 5.97 Å². The maximum Gasteiger partial charge on any atom is 0.308 e. The van der Waals surface area contributed by atoms with Crippen molar-refractivity contribution >= 4 is 5.97 Å². The summed E-state index contributed by atoms with van der Waals surface area (Å²) < 4.78 is 7.23. The molecule has 0 spiro atoms. The van der Waals surface area contributed by atoms with E-state index in [0.29, 0.717) is 17.9 Å². The van der Waals surface area contributed by atoms with Crippen LogP contribution in [0.5, 0.6) is 11.5 Å². The Morgan fingerprint density at radius 3 is 2.52 bits per heavy atom. The second-order valence-corrected chi connectivity index (χ2v) is 6.08. The van der Waals surface area contributed by atoms with E-state index in [1.54, 1.807) is 19.2 Å². The lowest BCUT2D eigenvalue weighted by atomic mass is 10.1. The van der Waals surface area contributed by atoms with Crippen molar-refractivity contribution in [3.63, 3.8) is 0 Å². The lowest BCUT2D eigenvalue weighted by Crippen LogP contribution is -2.32. The highest BCUT2D eigenvalue weighted by atomic mass is 16.5. The van der Waals surface area contributed by atoms with Gasteiger partial charge >= 0.3 is 5.97 Å². The number of carboxylic acid groups (broad SMARTS) is 1. The molecule has 1 heterocycles. The van der Waals surface area contributed by atoms with Gasteiger partial charge in [0.15, 0.2) is 0 Å². The first-order valence-corrected chi connectivity index (χ1v) is 8.52. The molecule has 0 aliphatic carbocycles. The molecule has 0 amide bonds. The molecule has 138 valence electrons. The Labute approximate surface area is 156 Å². The molecule has 3 rings (SSSR count). The average Bonchev–Trinajstić information content (AvgIpc) is 2.66. The van der Waals surface area contributed by atoms with Gasteiger partial charge in [-0.3, -0.25) is 9.59 Å². The van der Waals surface area contributed by atoms with Crippen LogP contribution in [0.15, 0.2) is 71.7 Å². The van der Waals surface area contributed by atoms with Crippen LogP contribution >= 0.6 is 0 Å². The second kappa shape index (κ2) is 8.23. The summed E-state index contributed by atoms with van der Waals surface area (Å²) in [6, 6.07) is 18.7. The van der Waals surface area contributed by atoms with Crippen LogP contribution in [-0.2, 0) is 17.8 Å². The number of aryl methyl sites for hydroxylation is 1. The van der Waals surface area contributed by atoms with Crippen molar-refractivity contribution in [3.05, 3.63) is 93.9 Å². The van der Waals surface area contributed by atoms with Gasteiger partial charge in [-0.1, -0.05) is 36.4 Å². The summed E-state index contributed by atoms with van der Waals surface area (Å²) in [5.74, 6) is 0.373. The Morgan fingerprint density at radius 1 is 1.07 bits per heavy atom. The van der Waals surface area contributed by atoms with E-state index in [0.717, 1.165) is 11.3 Å². The molecular formula is C21H20N2O4. The molecule has 0 atom stereocenters. The van der Waals surface area contributed by atoms with Crippen LogP contribution in [0.3, 0.4) is 0 Å². The third kappa shape index (κ3) is 4.55. The molecule has 3 aromatic rings. The Bertz CT molecular complexity index is 997. The summed E-state index contributed by atoms with van der Waals surface area (Å²) in [6.07, 6.45) is 1.30. The van der Waals surface area contributed by atoms with Crippen LogP contribution in [0.4, 0.5) is 0 Å². The smallest absolute Gasteiger partial charge is 0.308 e. The minimum Gasteiger partial charge on any atom is -0.481 e. The minimum absolute atomic E-state index is 0.270. The third-order valence-corrected chi connectivity index (χ3v) is 4.14. The molecule has 0 saturated heterocycles. The number of ether oxygens (including phenoxy) is 1. The second-order valence-electron chi connectivity index (χ2n) is 6.08. The van der Waals surface area contributed by atoms with E-state index in [-0.39, 0.29) is 17.5 Å². The molecule has 6 heteroatoms. The summed E-state index contributed by atoms with van der Waals surface area (Å²) in [4.78, 5) is 23.5. The monoisotopic (exact) mass is 364 g/mol. The van der Waals surface area contributed by atoms with Gasteiger partial charge in [0.1, 0.15) is 11.5 Å². The number of carboxylic acids is 1. The molecule has 0 bridgehead atoms. The maximum atomic E-state index is 12.5. The average molecular weight is 364 g/mol. The van der Waals surface area contributed by atoms with Crippen LogP contribution in [0.25, 0.3) is 0 Å². The van der Waals surface area contributed by atoms with Crippen molar-refractivity contribution in [2.24, 2.45) is 0 Å². The number of nitrogens with zero attached hydrogens (tertiary/aromatic N) is 1. The van der Waals surface area contributed by atoms with Crippen molar-refractivity contribution in [2.45, 2.75) is 19.9 Å². The number of benzene rings is 2. The first kappa shape index (κ1) is 18.3. The lowest BCUT2D eigenvalue weighted by Gasteiger charge is -2.15. The summed E-state index contributed by atoms with van der Waals surface area (Å²) in [7, 11) is 0. The van der Waals surface area contributed by atoms with Crippen molar-refractivity contribution in [1.82, 2.24) is 4.68 Å². The number of para-hydroxylation sites is 2. The molecule has 0 radical (unpaired) electrons. The van der Waals surface area contributed by atoms with E-state index in [1.807, 2.05) is 54.6 Å². The zero-order valence-corrected chi connectivity index (χ0v) is 14.9. The summed E-state index contributed by atoms with van der Waals surface area (Å²) >= 11 is 0. The number of rotatable bonds is 7. The number of pyridine rings is 1. The standard InChI is InChI=1S/C21H20N2O4/c1-15-11-12-23(21(26)18(15)13-20(24)25)22-14-16-7-5-6-10-19(16)27-17-8-3-2-4-9-17/h2-12,22H,13-14H2,1H3,(H,24,25). The Kier molecular flexibility index (Phi) is 5.56. The Balaban J connectivity index is 1.80. The molecule has 1 aromatic heterocycles. The van der Waals surface area contributed by atoms with Crippen molar-refractivity contribution < 1.29 is 14.6 Å². The molecule has 2 N–H and O–H groups in total. The van der Waals surface area contributed by atoms with Crippen LogP contribution in [0.1, 0.15) is 16.7 Å². The predicted molar refractivity (Wildman–Crippen MR) is 103 cm³/mol. The molecule has 6 nitrogen and oxygen atoms in total. The van der Waals surface area contributed by atoms with Crippen LogP contribution in [0, 0.1) is 6.92 Å². The molecule has 0 unspecified atom stereocenters. The van der Waals surface area contributed by atoms with E-state index in [4.69, 9.17) is 9.84 Å². The van der Waals surface area contributed by atoms with E-state index >= 15 is 0 Å². The summed E-state index contributed by atoms with van der Waals surface area (Å²) in [5.41, 5.74) is 4.46. The molecule has 0 saturated carbocycles. The number of carbonyl (C=O) groups is 1. The highest BCUT2D eigenvalue weighted by Crippen LogP contribution is 2.25. The van der Waals surface area contributed by atoms with Crippen LogP contribution in [-0.4, -0.2) is 15.8 Å². The topological polar surface area (TPSA) is 80.6 Å². The van der Waals surface area contributed by atoms with Gasteiger partial charge in [-0.15, -0.1) is 0 Å². The van der Waals surface area contributed by atoms with Crippen molar-refractivity contribution in [3.8, 4) is 11.5 Å². The lowest BCUT2D eigenvalue weighted by molar-refractivity contribution is -0.136. The Morgan fingerprint density at radius 2 is 1.78 bits per heavy atom. The number of aromatic nitrogens is 1. The molecule has 0 aliphatic heterocycles. The number of aliphatic carboxylic acids is 1. The normalized spacial score (nSPS) is 10.4. The SMILES string of the molecule is Cc1ccn(NCc2ccccc2Oc2ccccc2)c(=O)c1CC(=O)O. The summed E-state index contributed by atoms with van der Waals surface area (Å²) in [6.45, 7) is 2.07. The predicted octanol–water partition coefficient (Wildman–Crippen LogP) is 3.32. The van der Waals surface area contributed by atoms with Gasteiger partial charge in [0.25, 0.3) is 5.56 Å². The van der Waals surface area contributed by atoms with E-state index in [2.05, 4.69) is 5.43 Å². The van der Waals surface area contributed by atoms with Gasteiger partial charge < -0.3 is 15.3 Å². The van der Waals surface area contributed by atoms with Gasteiger partial charge in [-0.2, -0.15) is 0 Å². The van der Waals surface area contributed by atoms with Crippen molar-refractivity contribution in [1.29, 1.82) is 0 Å². The molecular weight excluding hydrogens is 344 g/mol. The van der Waals surface area contributed by atoms with Gasteiger partial charge in [-0.25, -0.2) is 4.68 Å². The third-order valence-electron chi connectivity index (χ3n) is 4.14. The number of hydrogen-bond acceptors (Lipinski definition) is 4. The zero-order valence-electron chi connectivity index (χ0n) is 14.9. The maximum absolute atomic E-state index is 12.5. The van der Waals surface area contributed by atoms with Crippen LogP contribution < -0.4 is 15.7 Å². The van der Waals surface area contributed by atoms with Gasteiger partial charge in [0.2, 0.25) is 0 Å². The fraction of sp³-hybridized carbons (Fsp3) is 0.143. The first-order valence-electron chi connectivity index (χ1n) is 8.52. The molecule has 27 heavy (non-hydrogen) atoms. The zero-order chi connectivity index (χ0) is 19.2. The molecule has 0 fully saturated rings. The van der Waals surface area contributed by atoms with Crippen LogP contribution in [0.2, 0.25) is 0 Å². The fourth-order valence-corrected chi connectivity index (χ4v) is 2.69. The highest BCUT2D eigenvalue weighted by molar-refractivity contribution is 5.70. The largest absolute Gasteiger partial charge is 0.481 e. The van der Waals surface area contributed by atoms with Gasteiger partial charge in [0.05, 0.1) is 13.0 Å².